The molecule has 10 unspecified atom stereocenters. The van der Waals surface area contributed by atoms with E-state index >= 15 is 0 Å². The molecule has 10 atom stereocenters. The van der Waals surface area contributed by atoms with E-state index in [0.29, 0.717) is 23.1 Å². The Morgan fingerprint density at radius 3 is 2.30 bits per heavy atom. The van der Waals surface area contributed by atoms with Crippen LogP contribution in [0.25, 0.3) is 0 Å². The van der Waals surface area contributed by atoms with E-state index in [2.05, 4.69) is 0 Å². The second kappa shape index (κ2) is 9.83. The van der Waals surface area contributed by atoms with E-state index in [4.69, 9.17) is 28.4 Å². The molecule has 43 heavy (non-hydrogen) atoms. The van der Waals surface area contributed by atoms with Crippen molar-refractivity contribution in [2.24, 2.45) is 16.7 Å². The van der Waals surface area contributed by atoms with Crippen LogP contribution >= 0.6 is 0 Å². The van der Waals surface area contributed by atoms with Crippen LogP contribution in [-0.4, -0.2) is 89.5 Å². The minimum absolute atomic E-state index is 0.0374. The van der Waals surface area contributed by atoms with Crippen molar-refractivity contribution in [3.05, 3.63) is 47.0 Å². The third-order valence-corrected chi connectivity index (χ3v) is 11.2. The molecule has 4 fully saturated rings. The van der Waals surface area contributed by atoms with Gasteiger partial charge in [0.2, 0.25) is 0 Å². The number of carbonyl (C=O) groups excluding carboxylic acids is 2. The number of aliphatic hydroxyl groups excluding tert-OH is 1. The van der Waals surface area contributed by atoms with E-state index in [9.17, 15) is 19.8 Å². The van der Waals surface area contributed by atoms with Crippen LogP contribution in [0.4, 0.5) is 0 Å². The third-order valence-electron chi connectivity index (χ3n) is 11.2. The van der Waals surface area contributed by atoms with Crippen LogP contribution in [-0.2, 0) is 33.2 Å². The zero-order valence-corrected chi connectivity index (χ0v) is 26.2. The fraction of sp³-hybridized carbons (Fsp3) is 0.697. The molecule has 2 saturated heterocycles. The summed E-state index contributed by atoms with van der Waals surface area (Å²) in [6, 6.07) is 8.56. The summed E-state index contributed by atoms with van der Waals surface area (Å²) >= 11 is 0. The molecule has 6 rings (SSSR count). The summed E-state index contributed by atoms with van der Waals surface area (Å²) in [5.41, 5.74) is -3.54. The summed E-state index contributed by atoms with van der Waals surface area (Å²) in [5, 5.41) is 24.7. The Bertz CT molecular complexity index is 1340. The van der Waals surface area contributed by atoms with Crippen molar-refractivity contribution in [2.75, 3.05) is 13.7 Å². The number of ether oxygens (including phenoxy) is 6. The number of fused-ring (bicyclic) bond motifs is 8. The first-order valence-electron chi connectivity index (χ1n) is 15.1. The summed E-state index contributed by atoms with van der Waals surface area (Å²) in [6.07, 6.45) is -4.55. The molecular formula is C33H44O10. The molecule has 10 nitrogen and oxygen atoms in total. The van der Waals surface area contributed by atoms with Crippen molar-refractivity contribution in [3.63, 3.8) is 0 Å². The lowest BCUT2D eigenvalue weighted by Gasteiger charge is -2.69. The van der Waals surface area contributed by atoms with Gasteiger partial charge in [0.15, 0.2) is 11.4 Å². The average molecular weight is 601 g/mol. The zero-order chi connectivity index (χ0) is 31.3. The van der Waals surface area contributed by atoms with Gasteiger partial charge in [0.25, 0.3) is 0 Å². The highest BCUT2D eigenvalue weighted by molar-refractivity contribution is 5.89. The fourth-order valence-corrected chi connectivity index (χ4v) is 9.10. The van der Waals surface area contributed by atoms with E-state index in [1.807, 2.05) is 41.5 Å². The number of methoxy groups -OCH3 is 1. The molecule has 2 heterocycles. The van der Waals surface area contributed by atoms with Crippen molar-refractivity contribution in [1.82, 2.24) is 0 Å². The highest BCUT2D eigenvalue weighted by Crippen LogP contribution is 2.67. The van der Waals surface area contributed by atoms with Crippen molar-refractivity contribution in [1.29, 1.82) is 0 Å². The van der Waals surface area contributed by atoms with Gasteiger partial charge in [-0.2, -0.15) is 0 Å². The molecule has 0 aromatic heterocycles. The molecule has 0 radical (unpaired) electrons. The zero-order valence-electron chi connectivity index (χ0n) is 26.2. The van der Waals surface area contributed by atoms with Crippen molar-refractivity contribution < 1.29 is 48.2 Å². The quantitative estimate of drug-likeness (QED) is 0.392. The van der Waals surface area contributed by atoms with Crippen molar-refractivity contribution >= 4 is 11.9 Å². The maximum Gasteiger partial charge on any atom is 0.338 e. The van der Waals surface area contributed by atoms with Crippen LogP contribution < -0.4 is 0 Å². The molecule has 2 aliphatic heterocycles. The Hall–Kier alpha value is -2.34. The van der Waals surface area contributed by atoms with Gasteiger partial charge >= 0.3 is 11.9 Å². The molecule has 5 aliphatic rings. The highest BCUT2D eigenvalue weighted by Gasteiger charge is 2.79. The normalized spacial score (nSPS) is 44.1. The monoisotopic (exact) mass is 600 g/mol. The Morgan fingerprint density at radius 1 is 1.05 bits per heavy atom. The van der Waals surface area contributed by atoms with Gasteiger partial charge in [-0.3, -0.25) is 4.79 Å². The Balaban J connectivity index is 1.67. The summed E-state index contributed by atoms with van der Waals surface area (Å²) in [6.45, 7) is 12.7. The first-order valence-corrected chi connectivity index (χ1v) is 15.1. The Labute approximate surface area is 252 Å². The highest BCUT2D eigenvalue weighted by atomic mass is 16.8. The summed E-state index contributed by atoms with van der Waals surface area (Å²) in [7, 11) is 1.61. The van der Waals surface area contributed by atoms with Crippen molar-refractivity contribution in [3.8, 4) is 0 Å². The number of rotatable bonds is 4. The van der Waals surface area contributed by atoms with Crippen LogP contribution in [0, 0.1) is 16.7 Å². The summed E-state index contributed by atoms with van der Waals surface area (Å²) in [5.74, 6) is -3.08. The van der Waals surface area contributed by atoms with Crippen LogP contribution in [0.2, 0.25) is 0 Å². The fourth-order valence-electron chi connectivity index (χ4n) is 9.10. The largest absolute Gasteiger partial charge is 0.455 e. The number of hydrogen-bond donors (Lipinski definition) is 2. The van der Waals surface area contributed by atoms with Gasteiger partial charge in [-0.05, 0) is 44.1 Å². The van der Waals surface area contributed by atoms with E-state index in [-0.39, 0.29) is 13.0 Å². The predicted octanol–water partition coefficient (Wildman–Crippen LogP) is 3.33. The van der Waals surface area contributed by atoms with Crippen LogP contribution in [0.15, 0.2) is 41.5 Å². The molecular weight excluding hydrogens is 556 g/mol. The number of hydrogen-bond acceptors (Lipinski definition) is 10. The lowest BCUT2D eigenvalue weighted by atomic mass is 9.44. The molecule has 2 bridgehead atoms. The number of aliphatic hydroxyl groups is 2. The third kappa shape index (κ3) is 4.13. The van der Waals surface area contributed by atoms with E-state index < -0.39 is 82.3 Å². The molecule has 236 valence electrons. The molecule has 10 heteroatoms. The van der Waals surface area contributed by atoms with E-state index in [0.717, 1.165) is 0 Å². The second-order valence-corrected chi connectivity index (χ2v) is 14.2. The second-order valence-electron chi connectivity index (χ2n) is 14.2. The summed E-state index contributed by atoms with van der Waals surface area (Å²) < 4.78 is 38.4. The van der Waals surface area contributed by atoms with Crippen LogP contribution in [0.5, 0.6) is 0 Å². The number of esters is 2. The molecule has 0 spiro atoms. The smallest absolute Gasteiger partial charge is 0.338 e. The lowest BCUT2D eigenvalue weighted by Crippen LogP contribution is -2.82. The topological polar surface area (TPSA) is 130 Å². The minimum Gasteiger partial charge on any atom is -0.455 e. The van der Waals surface area contributed by atoms with Crippen LogP contribution in [0.1, 0.15) is 71.7 Å². The van der Waals surface area contributed by atoms with E-state index in [1.165, 1.54) is 6.92 Å². The summed E-state index contributed by atoms with van der Waals surface area (Å²) in [4.78, 5) is 26.7. The van der Waals surface area contributed by atoms with E-state index in [1.54, 1.807) is 37.4 Å². The van der Waals surface area contributed by atoms with Gasteiger partial charge in [-0.1, -0.05) is 39.0 Å². The van der Waals surface area contributed by atoms with Gasteiger partial charge in [-0.25, -0.2) is 4.79 Å². The first kappa shape index (κ1) is 30.7. The minimum atomic E-state index is -1.83. The molecule has 1 aromatic rings. The van der Waals surface area contributed by atoms with Gasteiger partial charge in [-0.15, -0.1) is 0 Å². The molecule has 3 aliphatic carbocycles. The van der Waals surface area contributed by atoms with Gasteiger partial charge in [0.05, 0.1) is 36.4 Å². The Kier molecular flexibility index (Phi) is 7.01. The van der Waals surface area contributed by atoms with Gasteiger partial charge in [0.1, 0.15) is 23.9 Å². The molecule has 1 aromatic carbocycles. The van der Waals surface area contributed by atoms with Crippen molar-refractivity contribution in [2.45, 2.75) is 115 Å². The predicted molar refractivity (Wildman–Crippen MR) is 153 cm³/mol. The lowest BCUT2D eigenvalue weighted by molar-refractivity contribution is -0.364. The maximum absolute atomic E-state index is 13.9. The molecule has 0 amide bonds. The maximum atomic E-state index is 13.9. The first-order chi connectivity index (χ1) is 20.0. The van der Waals surface area contributed by atoms with Gasteiger partial charge < -0.3 is 38.6 Å². The standard InChI is InChI=1S/C33H44O10/c1-17-20(35)15-33(37)27(40-28(36)19-12-10-9-11-13-19)25-31(7,21(38-8)14-22-32(25,16-39-22)41-18(2)34)26-24(23(17)29(33,3)4)42-30(5,6)43-26/h9-13,20-22,24-27,35,37H,14-16H2,1-8H3. The van der Waals surface area contributed by atoms with Crippen LogP contribution in [0.3, 0.4) is 0 Å². The SMILES string of the molecule is COC1CC2OCC2(OC(C)=O)C2C(OC(=O)c3ccccc3)C3(O)CC(O)C(C)=C(C4OC(C)(C)OC4C12C)C3(C)C. The number of carbonyl (C=O) groups is 2. The average Bonchev–Trinajstić information content (AvgIpc) is 3.24. The number of benzene rings is 1. The van der Waals surface area contributed by atoms with Gasteiger partial charge in [0, 0.05) is 37.7 Å². The Morgan fingerprint density at radius 2 is 1.72 bits per heavy atom. The molecule has 2 saturated carbocycles. The molecule has 2 N–H and O–H groups in total.